The van der Waals surface area contributed by atoms with Gasteiger partial charge in [-0.15, -0.1) is 0 Å². The lowest BCUT2D eigenvalue weighted by Crippen LogP contribution is -2.49. The Labute approximate surface area is 188 Å². The number of halogens is 2. The van der Waals surface area contributed by atoms with E-state index < -0.39 is 6.04 Å². The molecular weight excluding hydrogens is 423 g/mol. The first-order chi connectivity index (χ1) is 14.2. The van der Waals surface area contributed by atoms with Crippen LogP contribution in [0.3, 0.4) is 0 Å². The number of amides is 2. The Hall–Kier alpha value is -2.24. The highest BCUT2D eigenvalue weighted by Gasteiger charge is 2.27. The van der Waals surface area contributed by atoms with Crippen LogP contribution >= 0.6 is 23.2 Å². The lowest BCUT2D eigenvalue weighted by atomic mass is 10.1. The minimum absolute atomic E-state index is 0.172. The molecule has 0 aromatic heterocycles. The smallest absolute Gasteiger partial charge is 0.261 e. The molecule has 1 N–H and O–H groups in total. The molecule has 162 valence electrons. The molecule has 0 aliphatic heterocycles. The number of hydrogen-bond donors (Lipinski definition) is 1. The fraction of sp³-hybridized carbons (Fsp3) is 0.391. The molecule has 2 aromatic rings. The second-order valence-electron chi connectivity index (χ2n) is 7.28. The summed E-state index contributed by atoms with van der Waals surface area (Å²) in [5, 5.41) is 3.79. The van der Waals surface area contributed by atoms with Crippen molar-refractivity contribution in [3.63, 3.8) is 0 Å². The summed E-state index contributed by atoms with van der Waals surface area (Å²) >= 11 is 12.3. The van der Waals surface area contributed by atoms with Crippen molar-refractivity contribution in [2.75, 3.05) is 13.2 Å². The van der Waals surface area contributed by atoms with Crippen molar-refractivity contribution in [3.05, 3.63) is 63.1 Å². The number of nitrogens with zero attached hydrogens (tertiary/aromatic N) is 1. The van der Waals surface area contributed by atoms with Crippen molar-refractivity contribution in [1.82, 2.24) is 10.2 Å². The molecule has 0 bridgehead atoms. The molecule has 0 heterocycles. The van der Waals surface area contributed by atoms with Gasteiger partial charge < -0.3 is 15.0 Å². The third kappa shape index (κ3) is 6.64. The van der Waals surface area contributed by atoms with Crippen LogP contribution in [0.15, 0.2) is 36.4 Å². The largest absolute Gasteiger partial charge is 0.483 e. The van der Waals surface area contributed by atoms with Gasteiger partial charge in [0.2, 0.25) is 5.91 Å². The van der Waals surface area contributed by atoms with Crippen LogP contribution in [0.1, 0.15) is 37.0 Å². The summed E-state index contributed by atoms with van der Waals surface area (Å²) in [6.07, 6.45) is 0.811. The lowest BCUT2D eigenvalue weighted by molar-refractivity contribution is -0.142. The van der Waals surface area contributed by atoms with Gasteiger partial charge in [0, 0.05) is 23.1 Å². The summed E-state index contributed by atoms with van der Waals surface area (Å²) in [6, 6.07) is 10.2. The van der Waals surface area contributed by atoms with E-state index in [-0.39, 0.29) is 25.0 Å². The SMILES string of the molecule is CCCNC(=O)[C@@H](C)N(Cc1ccc(Cl)cc1Cl)C(=O)COc1ccc(C)cc1C. The number of carbonyl (C=O) groups is 2. The Morgan fingerprint density at radius 2 is 1.87 bits per heavy atom. The molecule has 5 nitrogen and oxygen atoms in total. The molecule has 1 atom stereocenters. The van der Waals surface area contributed by atoms with Gasteiger partial charge in [-0.25, -0.2) is 0 Å². The normalized spacial score (nSPS) is 11.7. The molecule has 0 spiro atoms. The first-order valence-electron chi connectivity index (χ1n) is 9.94. The van der Waals surface area contributed by atoms with E-state index in [1.807, 2.05) is 39.0 Å². The highest BCUT2D eigenvalue weighted by Crippen LogP contribution is 2.24. The number of benzene rings is 2. The summed E-state index contributed by atoms with van der Waals surface area (Å²) < 4.78 is 5.76. The number of nitrogens with one attached hydrogen (secondary N) is 1. The van der Waals surface area contributed by atoms with Crippen LogP contribution < -0.4 is 10.1 Å². The van der Waals surface area contributed by atoms with Gasteiger partial charge in [0.05, 0.1) is 0 Å². The van der Waals surface area contributed by atoms with Gasteiger partial charge in [0.15, 0.2) is 6.61 Å². The van der Waals surface area contributed by atoms with E-state index in [9.17, 15) is 9.59 Å². The van der Waals surface area contributed by atoms with E-state index in [1.165, 1.54) is 4.90 Å². The first kappa shape index (κ1) is 24.0. The predicted molar refractivity (Wildman–Crippen MR) is 121 cm³/mol. The molecule has 7 heteroatoms. The van der Waals surface area contributed by atoms with E-state index in [2.05, 4.69) is 5.32 Å². The minimum atomic E-state index is -0.682. The summed E-state index contributed by atoms with van der Waals surface area (Å²) in [6.45, 7) is 8.14. The molecule has 30 heavy (non-hydrogen) atoms. The number of carbonyl (C=O) groups excluding carboxylic acids is 2. The number of rotatable bonds is 9. The van der Waals surface area contributed by atoms with Crippen LogP contribution in [-0.2, 0) is 16.1 Å². The second-order valence-corrected chi connectivity index (χ2v) is 8.13. The highest BCUT2D eigenvalue weighted by atomic mass is 35.5. The summed E-state index contributed by atoms with van der Waals surface area (Å²) in [5.74, 6) is 0.114. The monoisotopic (exact) mass is 450 g/mol. The van der Waals surface area contributed by atoms with Crippen LogP contribution in [-0.4, -0.2) is 35.9 Å². The van der Waals surface area contributed by atoms with Gasteiger partial charge in [0.25, 0.3) is 5.91 Å². The van der Waals surface area contributed by atoms with Crippen LogP contribution in [0.2, 0.25) is 10.0 Å². The second kappa shape index (κ2) is 11.2. The first-order valence-corrected chi connectivity index (χ1v) is 10.7. The summed E-state index contributed by atoms with van der Waals surface area (Å²) in [5.41, 5.74) is 2.77. The molecule has 0 aliphatic rings. The molecule has 0 fully saturated rings. The number of ether oxygens (including phenoxy) is 1. The zero-order valence-electron chi connectivity index (χ0n) is 17.8. The number of hydrogen-bond acceptors (Lipinski definition) is 3. The van der Waals surface area contributed by atoms with Crippen molar-refractivity contribution in [3.8, 4) is 5.75 Å². The van der Waals surface area contributed by atoms with Crippen molar-refractivity contribution in [2.24, 2.45) is 0 Å². The van der Waals surface area contributed by atoms with Crippen LogP contribution in [0.4, 0.5) is 0 Å². The molecular formula is C23H28Cl2N2O3. The molecule has 2 aromatic carbocycles. The Balaban J connectivity index is 2.19. The van der Waals surface area contributed by atoms with Crippen molar-refractivity contribution >= 4 is 35.0 Å². The zero-order valence-corrected chi connectivity index (χ0v) is 19.3. The Kier molecular flexibility index (Phi) is 9.00. The van der Waals surface area contributed by atoms with Gasteiger partial charge in [-0.05, 0) is 56.5 Å². The molecule has 0 radical (unpaired) electrons. The Morgan fingerprint density at radius 1 is 1.13 bits per heavy atom. The topological polar surface area (TPSA) is 58.6 Å². The van der Waals surface area contributed by atoms with Gasteiger partial charge in [0.1, 0.15) is 11.8 Å². The van der Waals surface area contributed by atoms with E-state index in [1.54, 1.807) is 25.1 Å². The van der Waals surface area contributed by atoms with Crippen molar-refractivity contribution in [2.45, 2.75) is 46.7 Å². The van der Waals surface area contributed by atoms with Gasteiger partial charge in [-0.2, -0.15) is 0 Å². The fourth-order valence-corrected chi connectivity index (χ4v) is 3.46. The maximum absolute atomic E-state index is 13.0. The minimum Gasteiger partial charge on any atom is -0.483 e. The van der Waals surface area contributed by atoms with Gasteiger partial charge >= 0.3 is 0 Å². The van der Waals surface area contributed by atoms with Gasteiger partial charge in [-0.1, -0.05) is 53.9 Å². The molecule has 0 unspecified atom stereocenters. The predicted octanol–water partition coefficient (Wildman–Crippen LogP) is 4.93. The van der Waals surface area contributed by atoms with Crippen LogP contribution in [0.5, 0.6) is 5.75 Å². The van der Waals surface area contributed by atoms with Crippen molar-refractivity contribution < 1.29 is 14.3 Å². The Morgan fingerprint density at radius 3 is 2.50 bits per heavy atom. The molecule has 2 amide bonds. The highest BCUT2D eigenvalue weighted by molar-refractivity contribution is 6.35. The average Bonchev–Trinajstić information content (AvgIpc) is 2.70. The molecule has 0 saturated carbocycles. The zero-order chi connectivity index (χ0) is 22.3. The standard InChI is InChI=1S/C23H28Cl2N2O3/c1-5-10-26-23(29)17(4)27(13-18-7-8-19(24)12-20(18)25)22(28)14-30-21-9-6-15(2)11-16(21)3/h6-9,11-12,17H,5,10,13-14H2,1-4H3,(H,26,29)/t17-/m1/s1. The quantitative estimate of drug-likeness (QED) is 0.588. The molecule has 0 saturated heterocycles. The Bertz CT molecular complexity index is 902. The third-order valence-electron chi connectivity index (χ3n) is 4.75. The molecule has 0 aliphatic carbocycles. The number of aryl methyl sites for hydroxylation is 2. The lowest BCUT2D eigenvalue weighted by Gasteiger charge is -2.29. The average molecular weight is 451 g/mol. The van der Waals surface area contributed by atoms with Gasteiger partial charge in [-0.3, -0.25) is 9.59 Å². The van der Waals surface area contributed by atoms with E-state index in [0.29, 0.717) is 27.9 Å². The fourth-order valence-electron chi connectivity index (χ4n) is 3.00. The van der Waals surface area contributed by atoms with Crippen LogP contribution in [0.25, 0.3) is 0 Å². The third-order valence-corrected chi connectivity index (χ3v) is 5.34. The maximum atomic E-state index is 13.0. The van der Waals surface area contributed by atoms with E-state index >= 15 is 0 Å². The van der Waals surface area contributed by atoms with Crippen LogP contribution in [0, 0.1) is 13.8 Å². The summed E-state index contributed by atoms with van der Waals surface area (Å²) in [4.78, 5) is 27.1. The molecule has 2 rings (SSSR count). The van der Waals surface area contributed by atoms with E-state index in [4.69, 9.17) is 27.9 Å². The van der Waals surface area contributed by atoms with E-state index in [0.717, 1.165) is 17.5 Å². The summed E-state index contributed by atoms with van der Waals surface area (Å²) in [7, 11) is 0. The maximum Gasteiger partial charge on any atom is 0.261 e. The van der Waals surface area contributed by atoms with Crippen molar-refractivity contribution in [1.29, 1.82) is 0 Å².